The molecule has 0 aromatic carbocycles. The van der Waals surface area contributed by atoms with Gasteiger partial charge in [0.15, 0.2) is 0 Å². The van der Waals surface area contributed by atoms with Gasteiger partial charge in [0.2, 0.25) is 0 Å². The third kappa shape index (κ3) is 46.9. The maximum absolute atomic E-state index is 12.2. The Morgan fingerprint density at radius 3 is 0.656 bits per heavy atom. The lowest BCUT2D eigenvalue weighted by Gasteiger charge is -2.39. The third-order valence-corrected chi connectivity index (χ3v) is 13.5. The Kier molecular flexibility index (Phi) is 60.9. The van der Waals surface area contributed by atoms with Crippen LogP contribution in [-0.2, 0) is 19.1 Å². The smallest absolute Gasteiger partial charge is 0.305 e. The normalized spacial score (nSPS) is 11.4. The number of quaternary nitrogens is 2. The summed E-state index contributed by atoms with van der Waals surface area (Å²) in [6.07, 6.45) is 45.3. The molecule has 0 aromatic rings. The van der Waals surface area contributed by atoms with E-state index in [0.29, 0.717) is 26.1 Å². The topological polar surface area (TPSA) is 52.6 Å². The van der Waals surface area contributed by atoms with E-state index < -0.39 is 0 Å². The minimum absolute atomic E-state index is 0. The number of carbonyl (C=O) groups excluding carboxylic acids is 2. The zero-order valence-electron chi connectivity index (χ0n) is 44.8. The first kappa shape index (κ1) is 70.4. The van der Waals surface area contributed by atoms with Crippen LogP contribution in [0.15, 0.2) is 0 Å². The monoisotopic (exact) mass is 1040 g/mol. The second-order valence-corrected chi connectivity index (χ2v) is 19.6. The first-order valence-electron chi connectivity index (χ1n) is 28.3. The van der Waals surface area contributed by atoms with Gasteiger partial charge in [-0.05, 0) is 51.4 Å². The van der Waals surface area contributed by atoms with Crippen molar-refractivity contribution in [1.82, 2.24) is 0 Å². The molecule has 388 valence electrons. The molecule has 64 heavy (non-hydrogen) atoms. The van der Waals surface area contributed by atoms with Crippen LogP contribution in [0.2, 0.25) is 0 Å². The molecule has 0 heterocycles. The average molecular weight is 1040 g/mol. The van der Waals surface area contributed by atoms with E-state index in [-0.39, 0.29) is 45.9 Å². The average Bonchev–Trinajstić information content (AvgIpc) is 3.28. The molecule has 0 atom stereocenters. The Bertz CT molecular complexity index is 880. The Labute approximate surface area is 423 Å². The second kappa shape index (κ2) is 55.4. The Hall–Kier alpha value is -0.180. The molecule has 0 radical (unpaired) electrons. The van der Waals surface area contributed by atoms with Gasteiger partial charge in [-0.25, -0.2) is 0 Å². The summed E-state index contributed by atoms with van der Waals surface area (Å²) in [6, 6.07) is 0. The Morgan fingerprint density at radius 2 is 0.453 bits per heavy atom. The molecule has 0 bridgehead atoms. The summed E-state index contributed by atoms with van der Waals surface area (Å²) >= 11 is 0. The van der Waals surface area contributed by atoms with Gasteiger partial charge in [0, 0.05) is 12.8 Å². The van der Waals surface area contributed by atoms with Crippen LogP contribution in [0.5, 0.6) is 0 Å². The van der Waals surface area contributed by atoms with Crippen LogP contribution < -0.4 is 34.0 Å². The fourth-order valence-electron chi connectivity index (χ4n) is 9.02. The highest BCUT2D eigenvalue weighted by molar-refractivity contribution is 5.69. The highest BCUT2D eigenvalue weighted by Gasteiger charge is 2.27. The minimum Gasteiger partial charge on any atom is -1.00 e. The number of rotatable bonds is 48. The first-order valence-corrected chi connectivity index (χ1v) is 28.3. The van der Waals surface area contributed by atoms with Gasteiger partial charge in [-0.15, -0.1) is 0 Å². The summed E-state index contributed by atoms with van der Waals surface area (Å²) in [5.41, 5.74) is 0. The fraction of sp³-hybridized carbons (Fsp3) is 0.964. The fourth-order valence-corrected chi connectivity index (χ4v) is 9.02. The lowest BCUT2D eigenvalue weighted by molar-refractivity contribution is -0.929. The number of halogens is 2. The molecule has 0 fully saturated rings. The summed E-state index contributed by atoms with van der Waals surface area (Å²) in [7, 11) is 0. The second-order valence-electron chi connectivity index (χ2n) is 19.6. The van der Waals surface area contributed by atoms with Crippen LogP contribution in [0, 0.1) is 0 Å². The van der Waals surface area contributed by atoms with E-state index in [9.17, 15) is 9.59 Å². The van der Waals surface area contributed by atoms with E-state index >= 15 is 0 Å². The molecule has 0 saturated carbocycles. The molecule has 0 rings (SSSR count). The largest absolute Gasteiger partial charge is 1.00 e. The van der Waals surface area contributed by atoms with Crippen molar-refractivity contribution in [3.8, 4) is 0 Å². The molecule has 0 amide bonds. The van der Waals surface area contributed by atoms with E-state index in [1.165, 1.54) is 245 Å². The van der Waals surface area contributed by atoms with Gasteiger partial charge in [-0.1, -0.05) is 222 Å². The number of hydrogen-bond donors (Lipinski definition) is 0. The van der Waals surface area contributed by atoms with Crippen molar-refractivity contribution in [2.75, 3.05) is 65.6 Å². The van der Waals surface area contributed by atoms with Crippen molar-refractivity contribution in [1.29, 1.82) is 0 Å². The van der Waals surface area contributed by atoms with Crippen LogP contribution in [-0.4, -0.2) is 86.5 Å². The van der Waals surface area contributed by atoms with Crippen molar-refractivity contribution in [2.45, 2.75) is 287 Å². The van der Waals surface area contributed by atoms with Gasteiger partial charge in [-0.3, -0.25) is 9.59 Å². The van der Waals surface area contributed by atoms with Gasteiger partial charge in [0.1, 0.15) is 26.3 Å². The van der Waals surface area contributed by atoms with Gasteiger partial charge in [0.05, 0.1) is 39.3 Å². The molecule has 0 unspecified atom stereocenters. The van der Waals surface area contributed by atoms with Gasteiger partial charge in [-0.2, -0.15) is 0 Å². The SMILES string of the molecule is CCCCCCCCCCCC(=O)OCC[N+](CCCC)(CCCC)CCCC.CCCCCCCCCCCCCCCC(=O)OCC[N+](CCCC)(CCCC)CCCC.[Br-].[Br-]. The van der Waals surface area contributed by atoms with Gasteiger partial charge in [0.25, 0.3) is 0 Å². The maximum atomic E-state index is 12.2. The summed E-state index contributed by atoms with van der Waals surface area (Å²) < 4.78 is 13.7. The highest BCUT2D eigenvalue weighted by atomic mass is 79.9. The number of esters is 2. The molecule has 0 aliphatic rings. The standard InChI is InChI=1S/C30H62NO2.C26H54NO2.2BrH/c1-5-9-13-14-15-16-17-18-19-20-21-22-23-24-30(32)33-29-28-31(25-10-6-2,26-11-7-3)27-12-8-4;1-5-9-13-14-15-16-17-18-19-20-26(28)29-25-24-27(21-10-6-2,22-11-7-3)23-12-8-4;;/h5-29H2,1-4H3;5-25H2,1-4H3;2*1H/q2*+1;;/p-2. The predicted octanol–water partition coefficient (Wildman–Crippen LogP) is 10.9. The molecular weight excluding hydrogens is 924 g/mol. The van der Waals surface area contributed by atoms with E-state index in [2.05, 4.69) is 55.4 Å². The molecule has 6 nitrogen and oxygen atoms in total. The number of ether oxygens (including phenoxy) is 2. The van der Waals surface area contributed by atoms with Gasteiger partial charge < -0.3 is 52.4 Å². The molecule has 0 aromatic heterocycles. The quantitative estimate of drug-likeness (QED) is 0.0346. The number of nitrogens with zero attached hydrogens (tertiary/aromatic N) is 2. The lowest BCUT2D eigenvalue weighted by atomic mass is 10.0. The van der Waals surface area contributed by atoms with E-state index in [4.69, 9.17) is 9.47 Å². The van der Waals surface area contributed by atoms with Crippen LogP contribution in [0.25, 0.3) is 0 Å². The van der Waals surface area contributed by atoms with Gasteiger partial charge >= 0.3 is 11.9 Å². The van der Waals surface area contributed by atoms with Crippen molar-refractivity contribution in [3.63, 3.8) is 0 Å². The molecule has 8 heteroatoms. The molecule has 0 aliphatic heterocycles. The summed E-state index contributed by atoms with van der Waals surface area (Å²) in [6.45, 7) is 28.9. The Morgan fingerprint density at radius 1 is 0.266 bits per heavy atom. The van der Waals surface area contributed by atoms with Crippen LogP contribution >= 0.6 is 0 Å². The van der Waals surface area contributed by atoms with E-state index in [1.807, 2.05) is 0 Å². The first-order chi connectivity index (χ1) is 30.3. The molecule has 0 saturated heterocycles. The zero-order chi connectivity index (χ0) is 46.1. The third-order valence-electron chi connectivity index (χ3n) is 13.5. The summed E-state index contributed by atoms with van der Waals surface area (Å²) in [5.74, 6) is 0.0465. The summed E-state index contributed by atoms with van der Waals surface area (Å²) in [4.78, 5) is 24.4. The van der Waals surface area contributed by atoms with Crippen molar-refractivity contribution < 1.29 is 62.0 Å². The Balaban J connectivity index is -0.000000550. The van der Waals surface area contributed by atoms with Crippen molar-refractivity contribution in [3.05, 3.63) is 0 Å². The van der Waals surface area contributed by atoms with Crippen LogP contribution in [0.4, 0.5) is 0 Å². The van der Waals surface area contributed by atoms with Crippen LogP contribution in [0.3, 0.4) is 0 Å². The van der Waals surface area contributed by atoms with Crippen molar-refractivity contribution in [2.24, 2.45) is 0 Å². The molecule has 0 spiro atoms. The van der Waals surface area contributed by atoms with Crippen LogP contribution in [0.1, 0.15) is 287 Å². The van der Waals surface area contributed by atoms with E-state index in [0.717, 1.165) is 34.9 Å². The highest BCUT2D eigenvalue weighted by Crippen LogP contribution is 2.18. The number of hydrogen-bond acceptors (Lipinski definition) is 4. The molecule has 0 N–H and O–H groups in total. The van der Waals surface area contributed by atoms with Crippen molar-refractivity contribution >= 4 is 11.9 Å². The number of unbranched alkanes of at least 4 members (excludes halogenated alkanes) is 26. The summed E-state index contributed by atoms with van der Waals surface area (Å²) in [5, 5.41) is 0. The lowest BCUT2D eigenvalue weighted by Crippen LogP contribution is -3.00. The predicted molar refractivity (Wildman–Crippen MR) is 273 cm³/mol. The molecule has 0 aliphatic carbocycles. The van der Waals surface area contributed by atoms with E-state index in [1.54, 1.807) is 0 Å². The minimum atomic E-state index is 0. The maximum Gasteiger partial charge on any atom is 0.305 e. The zero-order valence-corrected chi connectivity index (χ0v) is 48.0. The molecular formula is C56H116Br2N2O4. The number of carbonyl (C=O) groups is 2.